The number of benzene rings is 2. The molecule has 2 aromatic rings. The van der Waals surface area contributed by atoms with Crippen LogP contribution in [-0.4, -0.2) is 32.0 Å². The Labute approximate surface area is 177 Å². The minimum absolute atomic E-state index is 0.116. The molecule has 0 radical (unpaired) electrons. The second-order valence-corrected chi connectivity index (χ2v) is 7.45. The van der Waals surface area contributed by atoms with Crippen LogP contribution in [0.5, 0.6) is 0 Å². The van der Waals surface area contributed by atoms with E-state index in [1.54, 1.807) is 11.9 Å². The summed E-state index contributed by atoms with van der Waals surface area (Å²) in [7, 11) is 2.92. The number of rotatable bonds is 5. The Morgan fingerprint density at radius 1 is 1.14 bits per heavy atom. The fourth-order valence-electron chi connectivity index (χ4n) is 3.54. The van der Waals surface area contributed by atoms with Gasteiger partial charge in [-0.05, 0) is 29.3 Å². The molecule has 0 unspecified atom stereocenters. The lowest BCUT2D eigenvalue weighted by molar-refractivity contribution is -0.148. The van der Waals surface area contributed by atoms with Crippen molar-refractivity contribution in [3.63, 3.8) is 0 Å². The Morgan fingerprint density at radius 3 is 2.45 bits per heavy atom. The van der Waals surface area contributed by atoms with Crippen LogP contribution in [0.1, 0.15) is 29.9 Å². The van der Waals surface area contributed by atoms with E-state index in [4.69, 9.17) is 9.47 Å². The van der Waals surface area contributed by atoms with Gasteiger partial charge in [-0.2, -0.15) is 0 Å². The van der Waals surface area contributed by atoms with Crippen molar-refractivity contribution in [3.05, 3.63) is 76.0 Å². The topological polar surface area (TPSA) is 72.9 Å². The molecule has 0 N–H and O–H groups in total. The number of anilines is 1. The zero-order valence-electron chi connectivity index (χ0n) is 16.2. The Bertz CT molecular complexity index is 1000. The van der Waals surface area contributed by atoms with E-state index in [0.29, 0.717) is 0 Å². The Balaban J connectivity index is 2.21. The fourth-order valence-corrected chi connectivity index (χ4v) is 4.09. The van der Waals surface area contributed by atoms with Crippen molar-refractivity contribution in [1.29, 1.82) is 0 Å². The predicted octanol–water partition coefficient (Wildman–Crippen LogP) is 3.91. The maximum Gasteiger partial charge on any atom is 0.373 e. The van der Waals surface area contributed by atoms with Gasteiger partial charge < -0.3 is 14.4 Å². The van der Waals surface area contributed by atoms with Crippen molar-refractivity contribution in [1.82, 2.24) is 0 Å². The molecule has 2 atom stereocenters. The van der Waals surface area contributed by atoms with Crippen LogP contribution in [0.3, 0.4) is 0 Å². The van der Waals surface area contributed by atoms with Gasteiger partial charge in [-0.3, -0.25) is 9.59 Å². The highest BCUT2D eigenvalue weighted by molar-refractivity contribution is 9.10. The lowest BCUT2D eigenvalue weighted by Gasteiger charge is -2.22. The predicted molar refractivity (Wildman–Crippen MR) is 111 cm³/mol. The number of allylic oxidation sites excluding steroid dienone is 1. The quantitative estimate of drug-likeness (QED) is 0.386. The number of esters is 2. The number of amides is 1. The first kappa shape index (κ1) is 20.8. The van der Waals surface area contributed by atoms with Gasteiger partial charge in [0.05, 0.1) is 13.0 Å². The third-order valence-corrected chi connectivity index (χ3v) is 5.55. The van der Waals surface area contributed by atoms with Gasteiger partial charge in [0.25, 0.3) is 0 Å². The van der Waals surface area contributed by atoms with Gasteiger partial charge in [-0.25, -0.2) is 4.79 Å². The zero-order chi connectivity index (χ0) is 21.1. The van der Waals surface area contributed by atoms with Crippen molar-refractivity contribution in [2.75, 3.05) is 19.1 Å². The Kier molecular flexibility index (Phi) is 6.17. The first-order valence-corrected chi connectivity index (χ1v) is 9.74. The smallest absolute Gasteiger partial charge is 0.373 e. The SMILES string of the molecule is COC(=O)/C(=C/[C@@H](c1ccccc1Br)[C@@H]1C(=O)N(C)c2ccccc21)OC(C)=O. The van der Waals surface area contributed by atoms with E-state index in [2.05, 4.69) is 15.9 Å². The normalized spacial score (nSPS) is 17.0. The van der Waals surface area contributed by atoms with Crippen molar-refractivity contribution in [2.45, 2.75) is 18.8 Å². The van der Waals surface area contributed by atoms with Crippen LogP contribution >= 0.6 is 15.9 Å². The van der Waals surface area contributed by atoms with E-state index >= 15 is 0 Å². The molecule has 0 aromatic heterocycles. The van der Waals surface area contributed by atoms with E-state index < -0.39 is 23.8 Å². The van der Waals surface area contributed by atoms with E-state index in [9.17, 15) is 14.4 Å². The maximum atomic E-state index is 13.2. The van der Waals surface area contributed by atoms with E-state index in [1.165, 1.54) is 20.1 Å². The average Bonchev–Trinajstić information content (AvgIpc) is 2.96. The van der Waals surface area contributed by atoms with Crippen molar-refractivity contribution in [3.8, 4) is 0 Å². The highest BCUT2D eigenvalue weighted by Gasteiger charge is 2.41. The summed E-state index contributed by atoms with van der Waals surface area (Å²) in [5, 5.41) is 0. The molecule has 2 aromatic carbocycles. The summed E-state index contributed by atoms with van der Waals surface area (Å²) in [6, 6.07) is 14.9. The third-order valence-electron chi connectivity index (χ3n) is 4.82. The monoisotopic (exact) mass is 457 g/mol. The number of methoxy groups -OCH3 is 1. The number of fused-ring (bicyclic) bond motifs is 1. The second-order valence-electron chi connectivity index (χ2n) is 6.60. The zero-order valence-corrected chi connectivity index (χ0v) is 17.8. The molecule has 0 saturated carbocycles. The van der Waals surface area contributed by atoms with E-state index in [1.807, 2.05) is 48.5 Å². The number of carbonyl (C=O) groups excluding carboxylic acids is 3. The molecule has 0 saturated heterocycles. The van der Waals surface area contributed by atoms with Crippen LogP contribution in [0.25, 0.3) is 0 Å². The van der Waals surface area contributed by atoms with E-state index in [-0.39, 0.29) is 11.7 Å². The third kappa shape index (κ3) is 4.10. The van der Waals surface area contributed by atoms with Gasteiger partial charge >= 0.3 is 11.9 Å². The van der Waals surface area contributed by atoms with Crippen molar-refractivity contribution in [2.24, 2.45) is 0 Å². The molecular formula is C22H20BrNO5. The summed E-state index contributed by atoms with van der Waals surface area (Å²) in [6.07, 6.45) is 1.49. The number of hydrogen-bond acceptors (Lipinski definition) is 5. The van der Waals surface area contributed by atoms with Gasteiger partial charge in [0, 0.05) is 30.0 Å². The molecule has 1 amide bonds. The van der Waals surface area contributed by atoms with Crippen LogP contribution in [0, 0.1) is 0 Å². The second kappa shape index (κ2) is 8.61. The molecule has 150 valence electrons. The molecule has 0 bridgehead atoms. The van der Waals surface area contributed by atoms with Crippen LogP contribution < -0.4 is 4.90 Å². The van der Waals surface area contributed by atoms with Crippen LogP contribution in [0.4, 0.5) is 5.69 Å². The number of para-hydroxylation sites is 1. The minimum Gasteiger partial charge on any atom is -0.463 e. The highest BCUT2D eigenvalue weighted by atomic mass is 79.9. The Morgan fingerprint density at radius 2 is 1.79 bits per heavy atom. The summed E-state index contributed by atoms with van der Waals surface area (Å²) in [5.74, 6) is -2.97. The molecule has 0 aliphatic carbocycles. The minimum atomic E-state index is -0.788. The van der Waals surface area contributed by atoms with Gasteiger partial charge in [0.2, 0.25) is 11.7 Å². The van der Waals surface area contributed by atoms with E-state index in [0.717, 1.165) is 21.3 Å². The lowest BCUT2D eigenvalue weighted by Crippen LogP contribution is -2.27. The first-order chi connectivity index (χ1) is 13.8. The first-order valence-electron chi connectivity index (χ1n) is 8.94. The van der Waals surface area contributed by atoms with Crippen LogP contribution in [0.2, 0.25) is 0 Å². The molecule has 0 spiro atoms. The Hall–Kier alpha value is -2.93. The molecule has 29 heavy (non-hydrogen) atoms. The number of hydrogen-bond donors (Lipinski definition) is 0. The standard InChI is InChI=1S/C22H20BrNO5/c1-13(25)29-19(22(27)28-3)12-16(14-8-4-6-10-17(14)23)20-15-9-5-7-11-18(15)24(2)21(20)26/h4-12,16,20H,1-3H3/b19-12-/t16-,20+/m0/s1. The van der Waals surface area contributed by atoms with Crippen molar-refractivity contribution < 1.29 is 23.9 Å². The number of nitrogens with zero attached hydrogens (tertiary/aromatic N) is 1. The molecule has 1 heterocycles. The fraction of sp³-hybridized carbons (Fsp3) is 0.227. The number of carbonyl (C=O) groups is 3. The van der Waals surface area contributed by atoms with Crippen LogP contribution in [-0.2, 0) is 23.9 Å². The summed E-state index contributed by atoms with van der Waals surface area (Å²) >= 11 is 3.54. The maximum absolute atomic E-state index is 13.2. The van der Waals surface area contributed by atoms with Gasteiger partial charge in [0.1, 0.15) is 0 Å². The highest BCUT2D eigenvalue weighted by Crippen LogP contribution is 2.46. The number of likely N-dealkylation sites (N-methyl/N-ethyl adjacent to an activating group) is 1. The van der Waals surface area contributed by atoms with Gasteiger partial charge in [0.15, 0.2) is 0 Å². The van der Waals surface area contributed by atoms with Gasteiger partial charge in [-0.1, -0.05) is 52.3 Å². The van der Waals surface area contributed by atoms with Crippen molar-refractivity contribution >= 4 is 39.5 Å². The summed E-state index contributed by atoms with van der Waals surface area (Å²) in [6.45, 7) is 1.20. The molecule has 6 nitrogen and oxygen atoms in total. The molecular weight excluding hydrogens is 438 g/mol. The summed E-state index contributed by atoms with van der Waals surface area (Å²) in [5.41, 5.74) is 2.42. The van der Waals surface area contributed by atoms with Gasteiger partial charge in [-0.15, -0.1) is 0 Å². The van der Waals surface area contributed by atoms with Crippen LogP contribution in [0.15, 0.2) is 64.8 Å². The lowest BCUT2D eigenvalue weighted by atomic mass is 9.81. The average molecular weight is 458 g/mol. The summed E-state index contributed by atoms with van der Waals surface area (Å²) in [4.78, 5) is 38.6. The molecule has 0 fully saturated rings. The number of halogens is 1. The molecule has 1 aliphatic heterocycles. The summed E-state index contributed by atoms with van der Waals surface area (Å²) < 4.78 is 10.7. The molecule has 7 heteroatoms. The number of ether oxygens (including phenoxy) is 2. The molecule has 3 rings (SSSR count). The largest absolute Gasteiger partial charge is 0.463 e. The molecule has 1 aliphatic rings.